The third-order valence-corrected chi connectivity index (χ3v) is 3.91. The number of carbonyl (C=O) groups excluding carboxylic acids is 1. The van der Waals surface area contributed by atoms with Crippen LogP contribution in [0.3, 0.4) is 0 Å². The van der Waals surface area contributed by atoms with Crippen LogP contribution in [-0.2, 0) is 19.1 Å². The van der Waals surface area contributed by atoms with Gasteiger partial charge < -0.3 is 19.4 Å². The topological polar surface area (TPSA) is 101 Å². The van der Waals surface area contributed by atoms with Crippen molar-refractivity contribution in [2.24, 2.45) is 0 Å². The van der Waals surface area contributed by atoms with E-state index in [2.05, 4.69) is 0 Å². The maximum Gasteiger partial charge on any atom is 0.307 e. The lowest BCUT2D eigenvalue weighted by Crippen LogP contribution is -2.43. The summed E-state index contributed by atoms with van der Waals surface area (Å²) in [5, 5.41) is 17.5. The van der Waals surface area contributed by atoms with Crippen molar-refractivity contribution in [2.75, 3.05) is 27.7 Å². The fourth-order valence-electron chi connectivity index (χ4n) is 2.73. The molecule has 0 fully saturated rings. The molecule has 0 aliphatic rings. The van der Waals surface area contributed by atoms with E-state index in [1.165, 1.54) is 0 Å². The zero-order valence-corrected chi connectivity index (χ0v) is 17.0. The number of carboxylic acids is 2. The standard InChI is InChI=1S/C20H35NO6/c1-21(2,3)16-17(15-19(24)25)27-20(26)14-12-10-8-6-4-5-7-9-11-13-18(22)23/h9,11,17H,4-8,10,12-16H2,1-3H3,(H-,22,23,24,25)/p+1/b11-9+. The van der Waals surface area contributed by atoms with E-state index in [0.717, 1.165) is 44.9 Å². The average molecular weight is 387 g/mol. The molecule has 0 aromatic rings. The Labute approximate surface area is 162 Å². The lowest BCUT2D eigenvalue weighted by atomic mass is 10.1. The van der Waals surface area contributed by atoms with Crippen LogP contribution >= 0.6 is 0 Å². The van der Waals surface area contributed by atoms with Crippen molar-refractivity contribution >= 4 is 17.9 Å². The molecule has 27 heavy (non-hydrogen) atoms. The Balaban J connectivity index is 3.78. The molecule has 0 aromatic heterocycles. The maximum atomic E-state index is 11.9. The largest absolute Gasteiger partial charge is 0.481 e. The Morgan fingerprint density at radius 3 is 2.04 bits per heavy atom. The quantitative estimate of drug-likeness (QED) is 0.183. The lowest BCUT2D eigenvalue weighted by Gasteiger charge is -2.28. The van der Waals surface area contributed by atoms with Crippen LogP contribution in [0.1, 0.15) is 64.2 Å². The van der Waals surface area contributed by atoms with Gasteiger partial charge in [0.15, 0.2) is 6.10 Å². The Bertz CT molecular complexity index is 481. The number of hydrogen-bond donors (Lipinski definition) is 2. The smallest absolute Gasteiger partial charge is 0.307 e. The minimum Gasteiger partial charge on any atom is -0.481 e. The van der Waals surface area contributed by atoms with Gasteiger partial charge in [-0.2, -0.15) is 0 Å². The van der Waals surface area contributed by atoms with Crippen LogP contribution in [0.4, 0.5) is 0 Å². The molecule has 0 aliphatic carbocycles. The fraction of sp³-hybridized carbons (Fsp3) is 0.750. The van der Waals surface area contributed by atoms with Gasteiger partial charge in [0.25, 0.3) is 0 Å². The van der Waals surface area contributed by atoms with Gasteiger partial charge in [0.2, 0.25) is 0 Å². The molecule has 0 spiro atoms. The molecule has 0 bridgehead atoms. The molecule has 1 unspecified atom stereocenters. The summed E-state index contributed by atoms with van der Waals surface area (Å²) >= 11 is 0. The summed E-state index contributed by atoms with van der Waals surface area (Å²) < 4.78 is 5.89. The predicted octanol–water partition coefficient (Wildman–Crippen LogP) is 3.23. The SMILES string of the molecule is C[N+](C)(C)CC(CC(=O)O)OC(=O)CCCCCCCC/C=C/CC(=O)O. The highest BCUT2D eigenvalue weighted by Crippen LogP contribution is 2.11. The van der Waals surface area contributed by atoms with Crippen LogP contribution in [-0.4, -0.2) is 66.4 Å². The number of aliphatic carboxylic acids is 2. The summed E-state index contributed by atoms with van der Waals surface area (Å²) in [7, 11) is 5.81. The van der Waals surface area contributed by atoms with Gasteiger partial charge in [-0.1, -0.05) is 37.8 Å². The van der Waals surface area contributed by atoms with Crippen LogP contribution < -0.4 is 0 Å². The van der Waals surface area contributed by atoms with E-state index in [1.54, 1.807) is 6.08 Å². The molecule has 0 heterocycles. The van der Waals surface area contributed by atoms with Crippen LogP contribution in [0.2, 0.25) is 0 Å². The van der Waals surface area contributed by atoms with Gasteiger partial charge in [0.1, 0.15) is 6.54 Å². The lowest BCUT2D eigenvalue weighted by molar-refractivity contribution is -0.873. The van der Waals surface area contributed by atoms with Gasteiger partial charge in [-0.3, -0.25) is 14.4 Å². The number of unbranched alkanes of at least 4 members (excludes halogenated alkanes) is 6. The van der Waals surface area contributed by atoms with Crippen molar-refractivity contribution in [3.05, 3.63) is 12.2 Å². The van der Waals surface area contributed by atoms with Gasteiger partial charge in [-0.15, -0.1) is 0 Å². The van der Waals surface area contributed by atoms with Gasteiger partial charge in [0.05, 0.1) is 34.0 Å². The molecule has 7 heteroatoms. The van der Waals surface area contributed by atoms with E-state index in [4.69, 9.17) is 14.9 Å². The number of allylic oxidation sites excluding steroid dienone is 1. The summed E-state index contributed by atoms with van der Waals surface area (Å²) in [6.45, 7) is 0.471. The highest BCUT2D eigenvalue weighted by atomic mass is 16.5. The van der Waals surface area contributed by atoms with Crippen LogP contribution in [0.15, 0.2) is 12.2 Å². The van der Waals surface area contributed by atoms with E-state index in [9.17, 15) is 14.4 Å². The van der Waals surface area contributed by atoms with E-state index in [1.807, 2.05) is 27.2 Å². The third kappa shape index (κ3) is 18.7. The number of quaternary nitrogens is 1. The van der Waals surface area contributed by atoms with E-state index >= 15 is 0 Å². The molecular formula is C20H36NO6+. The molecule has 0 saturated heterocycles. The average Bonchev–Trinajstić information content (AvgIpc) is 2.49. The van der Waals surface area contributed by atoms with E-state index in [-0.39, 0.29) is 18.8 Å². The van der Waals surface area contributed by atoms with Gasteiger partial charge >= 0.3 is 17.9 Å². The van der Waals surface area contributed by atoms with Gasteiger partial charge in [-0.25, -0.2) is 0 Å². The van der Waals surface area contributed by atoms with Crippen LogP contribution in [0.25, 0.3) is 0 Å². The first-order chi connectivity index (χ1) is 12.6. The van der Waals surface area contributed by atoms with Gasteiger partial charge in [0, 0.05) is 6.42 Å². The van der Waals surface area contributed by atoms with E-state index in [0.29, 0.717) is 17.4 Å². The number of nitrogens with zero attached hydrogens (tertiary/aromatic N) is 1. The Kier molecular flexibility index (Phi) is 13.2. The zero-order chi connectivity index (χ0) is 20.7. The summed E-state index contributed by atoms with van der Waals surface area (Å²) in [5.74, 6) is -2.09. The molecule has 0 aromatic carbocycles. The van der Waals surface area contributed by atoms with Crippen molar-refractivity contribution in [1.29, 1.82) is 0 Å². The Hall–Kier alpha value is -1.89. The third-order valence-electron chi connectivity index (χ3n) is 3.91. The molecule has 2 N–H and O–H groups in total. The van der Waals surface area contributed by atoms with Crippen molar-refractivity contribution < 1.29 is 33.8 Å². The molecule has 0 radical (unpaired) electrons. The highest BCUT2D eigenvalue weighted by Gasteiger charge is 2.24. The molecule has 7 nitrogen and oxygen atoms in total. The number of hydrogen-bond acceptors (Lipinski definition) is 4. The number of rotatable bonds is 16. The monoisotopic (exact) mass is 386 g/mol. The molecule has 0 saturated carbocycles. The molecular weight excluding hydrogens is 350 g/mol. The first-order valence-electron chi connectivity index (χ1n) is 9.68. The zero-order valence-electron chi connectivity index (χ0n) is 17.0. The second kappa shape index (κ2) is 14.2. The number of carboxylic acid groups (broad SMARTS) is 2. The first kappa shape index (κ1) is 25.1. The molecule has 156 valence electrons. The van der Waals surface area contributed by atoms with Crippen molar-refractivity contribution in [3.63, 3.8) is 0 Å². The normalized spacial score (nSPS) is 12.9. The highest BCUT2D eigenvalue weighted by molar-refractivity contribution is 5.71. The summed E-state index contributed by atoms with van der Waals surface area (Å²) in [5.41, 5.74) is 0. The molecule has 0 rings (SSSR count). The van der Waals surface area contributed by atoms with Crippen molar-refractivity contribution in [1.82, 2.24) is 0 Å². The maximum absolute atomic E-state index is 11.9. The molecule has 0 aliphatic heterocycles. The summed E-state index contributed by atoms with van der Waals surface area (Å²) in [6.07, 6.45) is 10.1. The van der Waals surface area contributed by atoms with Gasteiger partial charge in [-0.05, 0) is 19.3 Å². The predicted molar refractivity (Wildman–Crippen MR) is 103 cm³/mol. The number of esters is 1. The van der Waals surface area contributed by atoms with Crippen molar-refractivity contribution in [3.8, 4) is 0 Å². The van der Waals surface area contributed by atoms with Crippen LogP contribution in [0, 0.1) is 0 Å². The number of ether oxygens (including phenoxy) is 1. The number of likely N-dealkylation sites (N-methyl/N-ethyl adjacent to an activating group) is 1. The first-order valence-corrected chi connectivity index (χ1v) is 9.68. The van der Waals surface area contributed by atoms with E-state index < -0.39 is 18.0 Å². The summed E-state index contributed by atoms with van der Waals surface area (Å²) in [6, 6.07) is 0. The van der Waals surface area contributed by atoms with Crippen molar-refractivity contribution in [2.45, 2.75) is 70.3 Å². The molecule has 1 atom stereocenters. The fourth-order valence-corrected chi connectivity index (χ4v) is 2.73. The summed E-state index contributed by atoms with van der Waals surface area (Å²) in [4.78, 5) is 33.2. The Morgan fingerprint density at radius 1 is 0.889 bits per heavy atom. The molecule has 0 amide bonds. The second-order valence-electron chi connectivity index (χ2n) is 7.91. The minimum atomic E-state index is -0.959. The van der Waals surface area contributed by atoms with Crippen LogP contribution in [0.5, 0.6) is 0 Å². The number of carbonyl (C=O) groups is 3. The second-order valence-corrected chi connectivity index (χ2v) is 7.91. The Morgan fingerprint density at radius 2 is 1.48 bits per heavy atom. The minimum absolute atomic E-state index is 0.0815.